The zero-order valence-electron chi connectivity index (χ0n) is 14.8. The Bertz CT molecular complexity index is 794. The van der Waals surface area contributed by atoms with Crippen molar-refractivity contribution in [2.24, 2.45) is 0 Å². The highest BCUT2D eigenvalue weighted by Gasteiger charge is 2.28. The van der Waals surface area contributed by atoms with Crippen LogP contribution in [-0.2, 0) is 11.4 Å². The molecule has 0 N–H and O–H groups in total. The van der Waals surface area contributed by atoms with Crippen LogP contribution in [0.2, 0.25) is 5.02 Å². The molecule has 1 fully saturated rings. The first-order valence-corrected chi connectivity index (χ1v) is 8.91. The zero-order chi connectivity index (χ0) is 18.7. The number of hydrogen-bond acceptors (Lipinski definition) is 3. The van der Waals surface area contributed by atoms with E-state index in [9.17, 15) is 9.18 Å². The van der Waals surface area contributed by atoms with Gasteiger partial charge in [0.25, 0.3) is 0 Å². The maximum Gasteiger partial charge on any atom is 0.223 e. The van der Waals surface area contributed by atoms with E-state index in [-0.39, 0.29) is 18.6 Å². The summed E-state index contributed by atoms with van der Waals surface area (Å²) < 4.78 is 24.9. The summed E-state index contributed by atoms with van der Waals surface area (Å²) in [7, 11) is 1.60. The number of carbonyl (C=O) groups is 1. The van der Waals surface area contributed by atoms with E-state index < -0.39 is 5.82 Å². The Morgan fingerprint density at radius 1 is 1.23 bits per heavy atom. The van der Waals surface area contributed by atoms with Crippen molar-refractivity contribution in [2.75, 3.05) is 13.7 Å². The third kappa shape index (κ3) is 3.93. The van der Waals surface area contributed by atoms with E-state index in [4.69, 9.17) is 21.1 Å². The number of hydrogen-bond donors (Lipinski definition) is 0. The second-order valence-corrected chi connectivity index (χ2v) is 6.69. The van der Waals surface area contributed by atoms with Crippen LogP contribution in [0.4, 0.5) is 4.39 Å². The predicted molar refractivity (Wildman–Crippen MR) is 98.1 cm³/mol. The number of carbonyl (C=O) groups excluding carboxylic acids is 1. The van der Waals surface area contributed by atoms with Crippen molar-refractivity contribution in [3.8, 4) is 11.5 Å². The van der Waals surface area contributed by atoms with E-state index in [2.05, 4.69) is 0 Å². The number of likely N-dealkylation sites (tertiary alicyclic amines) is 1. The topological polar surface area (TPSA) is 38.8 Å². The van der Waals surface area contributed by atoms with Crippen molar-refractivity contribution in [1.82, 2.24) is 4.90 Å². The molecule has 0 saturated carbocycles. The fourth-order valence-electron chi connectivity index (χ4n) is 3.22. The summed E-state index contributed by atoms with van der Waals surface area (Å²) in [5, 5.41) is 0.298. The maximum absolute atomic E-state index is 14.0. The molecule has 1 heterocycles. The standard InChI is InChI=1S/C20H21ClFNO3/c1-13(23-9-3-4-20(23)24)17-10-14(22)11-19(21)18(17)12-26-16-7-5-15(25-2)6-8-16/h5-8,10-11,13H,3-4,9,12H2,1-2H3/t13-/m0/s1. The lowest BCUT2D eigenvalue weighted by atomic mass is 10.0. The average Bonchev–Trinajstić information content (AvgIpc) is 3.06. The Morgan fingerprint density at radius 2 is 1.92 bits per heavy atom. The van der Waals surface area contributed by atoms with Gasteiger partial charge in [-0.15, -0.1) is 0 Å². The van der Waals surface area contributed by atoms with Crippen LogP contribution in [0.1, 0.15) is 36.9 Å². The summed E-state index contributed by atoms with van der Waals surface area (Å²) in [6, 6.07) is 9.65. The molecule has 0 spiro atoms. The first-order chi connectivity index (χ1) is 12.5. The lowest BCUT2D eigenvalue weighted by Crippen LogP contribution is -2.29. The van der Waals surface area contributed by atoms with E-state index in [1.165, 1.54) is 12.1 Å². The summed E-state index contributed by atoms with van der Waals surface area (Å²) in [4.78, 5) is 13.8. The Morgan fingerprint density at radius 3 is 2.54 bits per heavy atom. The van der Waals surface area contributed by atoms with Crippen molar-refractivity contribution < 1.29 is 18.7 Å². The number of ether oxygens (including phenoxy) is 2. The minimum absolute atomic E-state index is 0.0832. The van der Waals surface area contributed by atoms with Gasteiger partial charge < -0.3 is 14.4 Å². The monoisotopic (exact) mass is 377 g/mol. The highest BCUT2D eigenvalue weighted by Crippen LogP contribution is 2.33. The molecular weight excluding hydrogens is 357 g/mol. The van der Waals surface area contributed by atoms with Gasteiger partial charge in [0.15, 0.2) is 0 Å². The second kappa shape index (κ2) is 7.96. The van der Waals surface area contributed by atoms with Gasteiger partial charge >= 0.3 is 0 Å². The second-order valence-electron chi connectivity index (χ2n) is 6.29. The van der Waals surface area contributed by atoms with Gasteiger partial charge in [0, 0.05) is 18.5 Å². The van der Waals surface area contributed by atoms with Crippen molar-refractivity contribution >= 4 is 17.5 Å². The van der Waals surface area contributed by atoms with Gasteiger partial charge in [-0.25, -0.2) is 4.39 Å². The molecule has 0 radical (unpaired) electrons. The first kappa shape index (κ1) is 18.5. The molecule has 0 bridgehead atoms. The van der Waals surface area contributed by atoms with Crippen molar-refractivity contribution in [3.63, 3.8) is 0 Å². The minimum atomic E-state index is -0.420. The molecule has 1 saturated heterocycles. The number of benzene rings is 2. The number of rotatable bonds is 6. The van der Waals surface area contributed by atoms with E-state index in [1.54, 1.807) is 36.3 Å². The number of halogens is 2. The van der Waals surface area contributed by atoms with Gasteiger partial charge in [0.2, 0.25) is 5.91 Å². The highest BCUT2D eigenvalue weighted by atomic mass is 35.5. The summed E-state index contributed by atoms with van der Waals surface area (Å²) in [5.41, 5.74) is 1.37. The van der Waals surface area contributed by atoms with Gasteiger partial charge in [0.05, 0.1) is 18.2 Å². The lowest BCUT2D eigenvalue weighted by molar-refractivity contribution is -0.129. The quantitative estimate of drug-likeness (QED) is 0.729. The van der Waals surface area contributed by atoms with Gasteiger partial charge in [-0.2, -0.15) is 0 Å². The van der Waals surface area contributed by atoms with Crippen LogP contribution in [0.3, 0.4) is 0 Å². The van der Waals surface area contributed by atoms with E-state index >= 15 is 0 Å². The van der Waals surface area contributed by atoms with Crippen molar-refractivity contribution in [2.45, 2.75) is 32.4 Å². The fraction of sp³-hybridized carbons (Fsp3) is 0.350. The van der Waals surface area contributed by atoms with Crippen LogP contribution in [0.25, 0.3) is 0 Å². The Balaban J connectivity index is 1.84. The van der Waals surface area contributed by atoms with E-state index in [0.717, 1.165) is 12.2 Å². The fourth-order valence-corrected chi connectivity index (χ4v) is 3.49. The highest BCUT2D eigenvalue weighted by molar-refractivity contribution is 6.31. The predicted octanol–water partition coefficient (Wildman–Crippen LogP) is 4.75. The third-order valence-electron chi connectivity index (χ3n) is 4.66. The van der Waals surface area contributed by atoms with Crippen LogP contribution >= 0.6 is 11.6 Å². The molecule has 0 aliphatic carbocycles. The SMILES string of the molecule is COc1ccc(OCc2c(Cl)cc(F)cc2[C@H](C)N2CCCC2=O)cc1. The molecule has 1 aliphatic rings. The molecule has 26 heavy (non-hydrogen) atoms. The number of methoxy groups -OCH3 is 1. The maximum atomic E-state index is 14.0. The van der Waals surface area contributed by atoms with Gasteiger partial charge in [-0.3, -0.25) is 4.79 Å². The largest absolute Gasteiger partial charge is 0.497 e. The Labute approximate surface area is 157 Å². The molecule has 0 unspecified atom stereocenters. The van der Waals surface area contributed by atoms with E-state index in [1.807, 2.05) is 6.92 Å². The normalized spacial score (nSPS) is 15.2. The summed E-state index contributed by atoms with van der Waals surface area (Å²) in [5.74, 6) is 1.05. The smallest absolute Gasteiger partial charge is 0.223 e. The zero-order valence-corrected chi connectivity index (χ0v) is 15.6. The molecule has 4 nitrogen and oxygen atoms in total. The molecule has 1 amide bonds. The summed E-state index contributed by atoms with van der Waals surface area (Å²) >= 11 is 6.29. The molecule has 2 aromatic rings. The van der Waals surface area contributed by atoms with Gasteiger partial charge in [-0.1, -0.05) is 11.6 Å². The molecular formula is C20H21ClFNO3. The molecule has 1 atom stereocenters. The molecule has 6 heteroatoms. The average molecular weight is 378 g/mol. The van der Waals surface area contributed by atoms with Crippen LogP contribution in [-0.4, -0.2) is 24.5 Å². The van der Waals surface area contributed by atoms with Gasteiger partial charge in [-0.05, 0) is 55.3 Å². The Kier molecular flexibility index (Phi) is 5.67. The lowest BCUT2D eigenvalue weighted by Gasteiger charge is -2.27. The first-order valence-electron chi connectivity index (χ1n) is 8.53. The van der Waals surface area contributed by atoms with E-state index in [0.29, 0.717) is 34.9 Å². The minimum Gasteiger partial charge on any atom is -0.497 e. The van der Waals surface area contributed by atoms with Crippen LogP contribution in [0, 0.1) is 5.82 Å². The van der Waals surface area contributed by atoms with Crippen molar-refractivity contribution in [1.29, 1.82) is 0 Å². The Hall–Kier alpha value is -2.27. The summed E-state index contributed by atoms with van der Waals surface area (Å²) in [6.07, 6.45) is 1.36. The third-order valence-corrected chi connectivity index (χ3v) is 5.00. The molecule has 138 valence electrons. The van der Waals surface area contributed by atoms with Crippen LogP contribution < -0.4 is 9.47 Å². The summed E-state index contributed by atoms with van der Waals surface area (Å²) in [6.45, 7) is 2.76. The molecule has 3 rings (SSSR count). The van der Waals surface area contributed by atoms with Crippen molar-refractivity contribution in [3.05, 3.63) is 58.4 Å². The van der Waals surface area contributed by atoms with Gasteiger partial charge in [0.1, 0.15) is 23.9 Å². The molecule has 1 aliphatic heterocycles. The molecule has 2 aromatic carbocycles. The number of nitrogens with zero attached hydrogens (tertiary/aromatic N) is 1. The van der Waals surface area contributed by atoms with Crippen LogP contribution in [0.5, 0.6) is 11.5 Å². The van der Waals surface area contributed by atoms with Crippen LogP contribution in [0.15, 0.2) is 36.4 Å². The number of amides is 1. The molecule has 0 aromatic heterocycles.